The van der Waals surface area contributed by atoms with Crippen molar-refractivity contribution in [3.8, 4) is 16.9 Å². The summed E-state index contributed by atoms with van der Waals surface area (Å²) in [5, 5.41) is 3.25. The molecule has 0 amide bonds. The highest BCUT2D eigenvalue weighted by Crippen LogP contribution is 2.29. The maximum atomic E-state index is 12.2. The van der Waals surface area contributed by atoms with Crippen LogP contribution in [0.25, 0.3) is 11.1 Å². The van der Waals surface area contributed by atoms with Crippen molar-refractivity contribution in [1.29, 1.82) is 0 Å². The Bertz CT molecular complexity index is 665. The molecule has 0 radical (unpaired) electrons. The van der Waals surface area contributed by atoms with Gasteiger partial charge in [-0.3, -0.25) is 0 Å². The zero-order valence-electron chi connectivity index (χ0n) is 13.0. The van der Waals surface area contributed by atoms with Crippen molar-refractivity contribution in [3.63, 3.8) is 0 Å². The Morgan fingerprint density at radius 2 is 1.79 bits per heavy atom. The van der Waals surface area contributed by atoms with E-state index in [1.807, 2.05) is 24.3 Å². The molecule has 0 spiro atoms. The molecule has 0 saturated carbocycles. The van der Waals surface area contributed by atoms with E-state index < -0.39 is 6.36 Å². The third kappa shape index (κ3) is 4.49. The molecule has 0 aliphatic carbocycles. The van der Waals surface area contributed by atoms with Gasteiger partial charge < -0.3 is 14.8 Å². The van der Waals surface area contributed by atoms with Gasteiger partial charge in [0, 0.05) is 6.54 Å². The number of rotatable bonds is 5. The average Bonchev–Trinajstić information content (AvgIpc) is 3.06. The van der Waals surface area contributed by atoms with E-state index in [0.717, 1.165) is 36.2 Å². The Morgan fingerprint density at radius 3 is 2.46 bits per heavy atom. The first-order valence-corrected chi connectivity index (χ1v) is 7.78. The van der Waals surface area contributed by atoms with Crippen LogP contribution in [0.2, 0.25) is 0 Å². The largest absolute Gasteiger partial charge is 0.573 e. The smallest absolute Gasteiger partial charge is 0.406 e. The van der Waals surface area contributed by atoms with Gasteiger partial charge in [-0.05, 0) is 41.8 Å². The first kappa shape index (κ1) is 16.8. The lowest BCUT2D eigenvalue weighted by atomic mass is 10.00. The van der Waals surface area contributed by atoms with E-state index >= 15 is 0 Å². The number of nitrogens with one attached hydrogen (secondary N) is 1. The molecule has 1 aliphatic heterocycles. The molecule has 1 N–H and O–H groups in total. The van der Waals surface area contributed by atoms with Gasteiger partial charge in [0.25, 0.3) is 0 Å². The number of hydrogen-bond donors (Lipinski definition) is 1. The van der Waals surface area contributed by atoms with Crippen LogP contribution in [0.15, 0.2) is 48.5 Å². The van der Waals surface area contributed by atoms with Gasteiger partial charge in [0.1, 0.15) is 5.75 Å². The molecule has 24 heavy (non-hydrogen) atoms. The molecule has 1 saturated heterocycles. The Morgan fingerprint density at radius 1 is 1.04 bits per heavy atom. The van der Waals surface area contributed by atoms with E-state index in [4.69, 9.17) is 4.74 Å². The van der Waals surface area contributed by atoms with Crippen molar-refractivity contribution in [1.82, 2.24) is 5.32 Å². The van der Waals surface area contributed by atoms with Crippen molar-refractivity contribution in [2.45, 2.75) is 25.5 Å². The summed E-state index contributed by atoms with van der Waals surface area (Å²) < 4.78 is 46.5. The van der Waals surface area contributed by atoms with Gasteiger partial charge in [0.05, 0.1) is 12.7 Å². The van der Waals surface area contributed by atoms with Gasteiger partial charge in [0.15, 0.2) is 0 Å². The van der Waals surface area contributed by atoms with Crippen LogP contribution in [-0.2, 0) is 11.3 Å². The van der Waals surface area contributed by atoms with Crippen LogP contribution in [-0.4, -0.2) is 25.6 Å². The highest BCUT2D eigenvalue weighted by atomic mass is 19.4. The zero-order chi connectivity index (χ0) is 17.0. The predicted molar refractivity (Wildman–Crippen MR) is 84.6 cm³/mol. The summed E-state index contributed by atoms with van der Waals surface area (Å²) in [7, 11) is 0. The molecule has 1 atom stereocenters. The minimum Gasteiger partial charge on any atom is -0.406 e. The van der Waals surface area contributed by atoms with Crippen molar-refractivity contribution in [2.24, 2.45) is 0 Å². The lowest BCUT2D eigenvalue weighted by Crippen LogP contribution is -2.17. The van der Waals surface area contributed by atoms with Crippen molar-refractivity contribution >= 4 is 0 Å². The van der Waals surface area contributed by atoms with Crippen LogP contribution in [0.5, 0.6) is 5.75 Å². The molecular formula is C18H18F3NO2. The summed E-state index contributed by atoms with van der Waals surface area (Å²) in [4.78, 5) is 0. The van der Waals surface area contributed by atoms with Gasteiger partial charge in [0.2, 0.25) is 0 Å². The molecule has 0 bridgehead atoms. The third-order valence-electron chi connectivity index (χ3n) is 3.91. The summed E-state index contributed by atoms with van der Waals surface area (Å²) >= 11 is 0. The fourth-order valence-electron chi connectivity index (χ4n) is 2.74. The number of ether oxygens (including phenoxy) is 2. The fraction of sp³-hybridized carbons (Fsp3) is 0.333. The second-order valence-electron chi connectivity index (χ2n) is 5.66. The molecule has 2 aromatic carbocycles. The molecule has 3 nitrogen and oxygen atoms in total. The van der Waals surface area contributed by atoms with Gasteiger partial charge in [-0.25, -0.2) is 0 Å². The normalized spacial score (nSPS) is 17.9. The Labute approximate surface area is 138 Å². The first-order chi connectivity index (χ1) is 11.5. The van der Waals surface area contributed by atoms with Crippen molar-refractivity contribution in [3.05, 3.63) is 54.1 Å². The summed E-state index contributed by atoms with van der Waals surface area (Å²) in [5.41, 5.74) is 2.78. The monoisotopic (exact) mass is 337 g/mol. The zero-order valence-corrected chi connectivity index (χ0v) is 13.0. The van der Waals surface area contributed by atoms with Crippen molar-refractivity contribution in [2.75, 3.05) is 13.1 Å². The standard InChI is InChI=1S/C18H18F3NO2/c19-18(20,21)24-15-7-5-13(6-8-15)17-4-2-1-3-14(17)12-23-16-9-10-22-11-16/h1-8,16,22H,9-12H2/t16-/m0/s1. The van der Waals surface area contributed by atoms with E-state index in [-0.39, 0.29) is 11.9 Å². The average molecular weight is 337 g/mol. The SMILES string of the molecule is FC(F)(F)Oc1ccc(-c2ccccc2CO[C@H]2CCNC2)cc1. The van der Waals surface area contributed by atoms with Crippen LogP contribution >= 0.6 is 0 Å². The molecule has 1 fully saturated rings. The molecule has 1 heterocycles. The summed E-state index contributed by atoms with van der Waals surface area (Å²) in [6.07, 6.45) is -3.48. The van der Waals surface area contributed by atoms with Gasteiger partial charge in [-0.2, -0.15) is 0 Å². The molecule has 2 aromatic rings. The highest BCUT2D eigenvalue weighted by molar-refractivity contribution is 5.67. The number of benzene rings is 2. The number of hydrogen-bond acceptors (Lipinski definition) is 3. The molecule has 3 rings (SSSR count). The Kier molecular flexibility index (Phi) is 5.06. The van der Waals surface area contributed by atoms with Crippen molar-refractivity contribution < 1.29 is 22.6 Å². The molecule has 6 heteroatoms. The lowest BCUT2D eigenvalue weighted by molar-refractivity contribution is -0.274. The second-order valence-corrected chi connectivity index (χ2v) is 5.66. The lowest BCUT2D eigenvalue weighted by Gasteiger charge is -2.14. The third-order valence-corrected chi connectivity index (χ3v) is 3.91. The fourth-order valence-corrected chi connectivity index (χ4v) is 2.74. The van der Waals surface area contributed by atoms with Crippen LogP contribution in [0.1, 0.15) is 12.0 Å². The van der Waals surface area contributed by atoms with Crippen LogP contribution in [0.4, 0.5) is 13.2 Å². The predicted octanol–water partition coefficient (Wildman–Crippen LogP) is 4.13. The van der Waals surface area contributed by atoms with E-state index in [1.165, 1.54) is 12.1 Å². The van der Waals surface area contributed by atoms with Gasteiger partial charge >= 0.3 is 6.36 Å². The molecular weight excluding hydrogens is 319 g/mol. The maximum Gasteiger partial charge on any atom is 0.573 e. The van der Waals surface area contributed by atoms with E-state index in [9.17, 15) is 13.2 Å². The number of halogens is 3. The van der Waals surface area contributed by atoms with Gasteiger partial charge in [-0.1, -0.05) is 36.4 Å². The summed E-state index contributed by atoms with van der Waals surface area (Å²) in [5.74, 6) is -0.225. The molecule has 1 aliphatic rings. The minimum atomic E-state index is -4.68. The number of alkyl halides is 3. The van der Waals surface area contributed by atoms with E-state index in [0.29, 0.717) is 6.61 Å². The maximum absolute atomic E-state index is 12.2. The highest BCUT2D eigenvalue weighted by Gasteiger charge is 2.31. The van der Waals surface area contributed by atoms with Crippen LogP contribution < -0.4 is 10.1 Å². The second kappa shape index (κ2) is 7.23. The Balaban J connectivity index is 1.73. The van der Waals surface area contributed by atoms with E-state index in [2.05, 4.69) is 10.1 Å². The molecule has 0 aromatic heterocycles. The van der Waals surface area contributed by atoms with E-state index in [1.54, 1.807) is 12.1 Å². The molecule has 0 unspecified atom stereocenters. The molecule has 128 valence electrons. The quantitative estimate of drug-likeness (QED) is 0.890. The topological polar surface area (TPSA) is 30.5 Å². The minimum absolute atomic E-state index is 0.209. The first-order valence-electron chi connectivity index (χ1n) is 7.78. The van der Waals surface area contributed by atoms with Gasteiger partial charge in [-0.15, -0.1) is 13.2 Å². The summed E-state index contributed by atoms with van der Waals surface area (Å²) in [6, 6.07) is 13.6. The summed E-state index contributed by atoms with van der Waals surface area (Å²) in [6.45, 7) is 2.29. The van der Waals surface area contributed by atoms with Crippen LogP contribution in [0, 0.1) is 0 Å². The Hall–Kier alpha value is -2.05. The van der Waals surface area contributed by atoms with Crippen LogP contribution in [0.3, 0.4) is 0 Å².